The molecule has 0 aromatic carbocycles. The number of carbonyl (C=O) groups is 1. The molecule has 0 unspecified atom stereocenters. The Morgan fingerprint density at radius 1 is 1.39 bits per heavy atom. The number of rotatable bonds is 7. The molecule has 1 aliphatic carbocycles. The molecule has 0 radical (unpaired) electrons. The average molecular weight is 332 g/mol. The van der Waals surface area contributed by atoms with Gasteiger partial charge in [0.15, 0.2) is 0 Å². The molecule has 0 bridgehead atoms. The van der Waals surface area contributed by atoms with E-state index in [-0.39, 0.29) is 12.1 Å². The molecule has 2 amide bonds. The largest absolute Gasteiger partial charge is 0.338 e. The van der Waals surface area contributed by atoms with Crippen molar-refractivity contribution >= 4 is 17.4 Å². The van der Waals surface area contributed by atoms with Crippen LogP contribution in [0.15, 0.2) is 36.0 Å². The zero-order valence-electron chi connectivity index (χ0n) is 13.3. The number of hydrogen-bond donors (Lipinski definition) is 2. The maximum absolute atomic E-state index is 12.2. The summed E-state index contributed by atoms with van der Waals surface area (Å²) in [5.41, 5.74) is 0. The van der Waals surface area contributed by atoms with Gasteiger partial charge in [0, 0.05) is 30.4 Å². The maximum atomic E-state index is 12.2. The zero-order valence-corrected chi connectivity index (χ0v) is 14.1. The van der Waals surface area contributed by atoms with Gasteiger partial charge in [-0.05, 0) is 42.7 Å². The van der Waals surface area contributed by atoms with Crippen molar-refractivity contribution in [1.29, 1.82) is 0 Å². The Labute approximate surface area is 141 Å². The summed E-state index contributed by atoms with van der Waals surface area (Å²) >= 11 is 1.73. The molecule has 1 fully saturated rings. The number of aromatic nitrogens is 2. The summed E-state index contributed by atoms with van der Waals surface area (Å²) in [6, 6.07) is 6.20. The number of hydrogen-bond acceptors (Lipinski definition) is 3. The van der Waals surface area contributed by atoms with Gasteiger partial charge < -0.3 is 10.6 Å². The number of aryl methyl sites for hydroxylation is 1. The number of urea groups is 1. The van der Waals surface area contributed by atoms with Crippen LogP contribution in [0.25, 0.3) is 0 Å². The fraction of sp³-hybridized carbons (Fsp3) is 0.529. The van der Waals surface area contributed by atoms with Crippen molar-refractivity contribution in [2.45, 2.75) is 44.7 Å². The highest BCUT2D eigenvalue weighted by molar-refractivity contribution is 7.10. The van der Waals surface area contributed by atoms with Crippen LogP contribution in [0.1, 0.15) is 43.0 Å². The lowest BCUT2D eigenvalue weighted by Crippen LogP contribution is -2.40. The Balaban J connectivity index is 1.46. The maximum Gasteiger partial charge on any atom is 0.315 e. The van der Waals surface area contributed by atoms with Crippen molar-refractivity contribution in [3.63, 3.8) is 0 Å². The monoisotopic (exact) mass is 332 g/mol. The third-order valence-corrected chi connectivity index (χ3v) is 5.37. The number of nitrogens with one attached hydrogen (secondary N) is 2. The van der Waals surface area contributed by atoms with Gasteiger partial charge in [0.25, 0.3) is 0 Å². The van der Waals surface area contributed by atoms with Crippen LogP contribution >= 0.6 is 11.3 Å². The Kier molecular flexibility index (Phi) is 5.69. The van der Waals surface area contributed by atoms with E-state index in [2.05, 4.69) is 33.2 Å². The van der Waals surface area contributed by atoms with Gasteiger partial charge in [0.1, 0.15) is 0 Å². The number of nitrogens with zero attached hydrogens (tertiary/aromatic N) is 2. The lowest BCUT2D eigenvalue weighted by Gasteiger charge is -2.24. The molecule has 2 N–H and O–H groups in total. The molecule has 23 heavy (non-hydrogen) atoms. The van der Waals surface area contributed by atoms with E-state index in [1.165, 1.54) is 30.6 Å². The Bertz CT molecular complexity index is 576. The summed E-state index contributed by atoms with van der Waals surface area (Å²) in [4.78, 5) is 13.5. The van der Waals surface area contributed by atoms with Crippen LogP contribution in [0.5, 0.6) is 0 Å². The first-order valence-corrected chi connectivity index (χ1v) is 9.26. The number of carbonyl (C=O) groups excluding carboxylic acids is 1. The fourth-order valence-electron chi connectivity index (χ4n) is 3.25. The third-order valence-electron chi connectivity index (χ3n) is 4.42. The Morgan fingerprint density at radius 2 is 2.26 bits per heavy atom. The molecule has 2 heterocycles. The van der Waals surface area contributed by atoms with E-state index in [4.69, 9.17) is 0 Å². The molecule has 2 aromatic rings. The Morgan fingerprint density at radius 3 is 2.96 bits per heavy atom. The van der Waals surface area contributed by atoms with Crippen LogP contribution in [0, 0.1) is 5.92 Å². The summed E-state index contributed by atoms with van der Waals surface area (Å²) in [5.74, 6) is 0.573. The molecule has 0 saturated heterocycles. The standard InChI is InChI=1S/C17H24N4OS/c22-17(18-9-4-11-21-12-5-10-19-21)20-16(14-6-1-2-7-14)15-8-3-13-23-15/h3,5,8,10,12-14,16H,1-2,4,6-7,9,11H2,(H2,18,20,22)/t16-/m1/s1. The van der Waals surface area contributed by atoms with Crippen LogP contribution in [0.3, 0.4) is 0 Å². The SMILES string of the molecule is O=C(NCCCn1cccn1)N[C@@H](c1cccs1)C1CCCC1. The molecule has 0 spiro atoms. The van der Waals surface area contributed by atoms with E-state index in [9.17, 15) is 4.79 Å². The van der Waals surface area contributed by atoms with Crippen molar-refractivity contribution in [2.75, 3.05) is 6.54 Å². The van der Waals surface area contributed by atoms with Crippen molar-refractivity contribution in [3.05, 3.63) is 40.8 Å². The van der Waals surface area contributed by atoms with Gasteiger partial charge in [-0.1, -0.05) is 18.9 Å². The van der Waals surface area contributed by atoms with E-state index in [1.807, 2.05) is 16.9 Å². The second kappa shape index (κ2) is 8.15. The first kappa shape index (κ1) is 16.1. The molecule has 1 saturated carbocycles. The Hall–Kier alpha value is -1.82. The molecular weight excluding hydrogens is 308 g/mol. The first-order chi connectivity index (χ1) is 11.3. The predicted molar refractivity (Wildman–Crippen MR) is 92.4 cm³/mol. The highest BCUT2D eigenvalue weighted by Gasteiger charge is 2.28. The normalized spacial score (nSPS) is 16.3. The summed E-state index contributed by atoms with van der Waals surface area (Å²) in [6.45, 7) is 1.48. The lowest BCUT2D eigenvalue weighted by molar-refractivity contribution is 0.231. The summed E-state index contributed by atoms with van der Waals surface area (Å²) in [7, 11) is 0. The summed E-state index contributed by atoms with van der Waals surface area (Å²) in [5, 5.41) is 12.4. The highest BCUT2D eigenvalue weighted by Crippen LogP contribution is 2.37. The van der Waals surface area contributed by atoms with Crippen molar-refractivity contribution in [1.82, 2.24) is 20.4 Å². The summed E-state index contributed by atoms with van der Waals surface area (Å²) in [6.07, 6.45) is 9.56. The number of thiophene rings is 1. The first-order valence-electron chi connectivity index (χ1n) is 8.38. The van der Waals surface area contributed by atoms with Crippen molar-refractivity contribution < 1.29 is 4.79 Å². The second-order valence-electron chi connectivity index (χ2n) is 6.06. The van der Waals surface area contributed by atoms with Crippen LogP contribution in [0.4, 0.5) is 4.79 Å². The van der Waals surface area contributed by atoms with Crippen LogP contribution in [0.2, 0.25) is 0 Å². The lowest BCUT2D eigenvalue weighted by atomic mass is 9.97. The quantitative estimate of drug-likeness (QED) is 0.762. The van der Waals surface area contributed by atoms with Gasteiger partial charge in [0.05, 0.1) is 6.04 Å². The molecule has 1 atom stereocenters. The van der Waals surface area contributed by atoms with Crippen molar-refractivity contribution in [3.8, 4) is 0 Å². The summed E-state index contributed by atoms with van der Waals surface area (Å²) < 4.78 is 1.88. The average Bonchev–Trinajstić information content (AvgIpc) is 3.33. The van der Waals surface area contributed by atoms with Crippen LogP contribution in [-0.4, -0.2) is 22.4 Å². The molecule has 1 aliphatic rings. The molecule has 5 nitrogen and oxygen atoms in total. The molecule has 3 rings (SSSR count). The van der Waals surface area contributed by atoms with E-state index >= 15 is 0 Å². The number of amides is 2. The van der Waals surface area contributed by atoms with Crippen LogP contribution < -0.4 is 10.6 Å². The minimum atomic E-state index is -0.0595. The van der Waals surface area contributed by atoms with Gasteiger partial charge in [-0.25, -0.2) is 4.79 Å². The molecule has 0 aliphatic heterocycles. The van der Waals surface area contributed by atoms with Gasteiger partial charge in [-0.2, -0.15) is 5.10 Å². The molecule has 2 aromatic heterocycles. The van der Waals surface area contributed by atoms with E-state index in [0.29, 0.717) is 12.5 Å². The highest BCUT2D eigenvalue weighted by atomic mass is 32.1. The van der Waals surface area contributed by atoms with Gasteiger partial charge >= 0.3 is 6.03 Å². The predicted octanol–water partition coefficient (Wildman–Crippen LogP) is 3.57. The van der Waals surface area contributed by atoms with E-state index < -0.39 is 0 Å². The van der Waals surface area contributed by atoms with Crippen LogP contribution in [-0.2, 0) is 6.54 Å². The van der Waals surface area contributed by atoms with Gasteiger partial charge in [-0.3, -0.25) is 4.68 Å². The molecule has 124 valence electrons. The fourth-order valence-corrected chi connectivity index (χ4v) is 4.12. The second-order valence-corrected chi connectivity index (χ2v) is 7.04. The van der Waals surface area contributed by atoms with E-state index in [0.717, 1.165) is 13.0 Å². The smallest absolute Gasteiger partial charge is 0.315 e. The molecule has 6 heteroatoms. The minimum absolute atomic E-state index is 0.0595. The van der Waals surface area contributed by atoms with Gasteiger partial charge in [-0.15, -0.1) is 11.3 Å². The topological polar surface area (TPSA) is 59.0 Å². The molecular formula is C17H24N4OS. The van der Waals surface area contributed by atoms with E-state index in [1.54, 1.807) is 17.5 Å². The van der Waals surface area contributed by atoms with Gasteiger partial charge in [0.2, 0.25) is 0 Å². The minimum Gasteiger partial charge on any atom is -0.338 e. The van der Waals surface area contributed by atoms with Crippen molar-refractivity contribution in [2.24, 2.45) is 5.92 Å². The zero-order chi connectivity index (χ0) is 15.9. The third kappa shape index (κ3) is 4.58.